The van der Waals surface area contributed by atoms with Crippen LogP contribution in [0, 0.1) is 5.92 Å². The lowest BCUT2D eigenvalue weighted by Gasteiger charge is -2.27. The van der Waals surface area contributed by atoms with Crippen LogP contribution in [0.3, 0.4) is 0 Å². The molecule has 0 aliphatic carbocycles. The molecule has 1 fully saturated rings. The molecular weight excluding hydrogens is 248 g/mol. The molecule has 1 heterocycles. The molecule has 0 bridgehead atoms. The van der Waals surface area contributed by atoms with Crippen molar-refractivity contribution >= 4 is 9.84 Å². The lowest BCUT2D eigenvalue weighted by Crippen LogP contribution is -2.43. The molecule has 2 atom stereocenters. The molecule has 5 heteroatoms. The van der Waals surface area contributed by atoms with Gasteiger partial charge in [-0.3, -0.25) is 0 Å². The number of sulfone groups is 1. The molecule has 0 aromatic rings. The van der Waals surface area contributed by atoms with Crippen LogP contribution in [0.1, 0.15) is 33.6 Å². The van der Waals surface area contributed by atoms with Crippen molar-refractivity contribution in [1.82, 2.24) is 10.2 Å². The molecule has 1 rings (SSSR count). The number of rotatable bonds is 6. The van der Waals surface area contributed by atoms with Crippen LogP contribution in [0.2, 0.25) is 0 Å². The van der Waals surface area contributed by atoms with Crippen molar-refractivity contribution in [2.75, 3.05) is 37.7 Å². The second-order valence-electron chi connectivity index (χ2n) is 5.34. The average molecular weight is 276 g/mol. The Labute approximate surface area is 112 Å². The highest BCUT2D eigenvalue weighted by Gasteiger charge is 2.22. The Hall–Kier alpha value is -0.130. The number of nitrogens with one attached hydrogen (secondary N) is 1. The summed E-state index contributed by atoms with van der Waals surface area (Å²) in [5.74, 6) is 1.21. The van der Waals surface area contributed by atoms with Gasteiger partial charge < -0.3 is 10.2 Å². The van der Waals surface area contributed by atoms with Crippen molar-refractivity contribution in [3.63, 3.8) is 0 Å². The maximum Gasteiger partial charge on any atom is 0.151 e. The van der Waals surface area contributed by atoms with Crippen molar-refractivity contribution in [3.05, 3.63) is 0 Å². The molecule has 1 saturated heterocycles. The minimum Gasteiger partial charge on any atom is -0.312 e. The zero-order valence-electron chi connectivity index (χ0n) is 12.0. The Balaban J connectivity index is 2.49. The Kier molecular flexibility index (Phi) is 6.60. The van der Waals surface area contributed by atoms with E-state index in [1.807, 2.05) is 0 Å². The maximum absolute atomic E-state index is 11.6. The van der Waals surface area contributed by atoms with Gasteiger partial charge in [0.15, 0.2) is 9.84 Å². The quantitative estimate of drug-likeness (QED) is 0.790. The highest BCUT2D eigenvalue weighted by Crippen LogP contribution is 2.12. The third kappa shape index (κ3) is 5.24. The molecule has 18 heavy (non-hydrogen) atoms. The summed E-state index contributed by atoms with van der Waals surface area (Å²) < 4.78 is 23.1. The molecule has 2 unspecified atom stereocenters. The fourth-order valence-electron chi connectivity index (χ4n) is 2.31. The lowest BCUT2D eigenvalue weighted by atomic mass is 9.99. The number of hydrogen-bond acceptors (Lipinski definition) is 4. The molecule has 0 amide bonds. The van der Waals surface area contributed by atoms with E-state index in [2.05, 4.69) is 24.1 Å². The van der Waals surface area contributed by atoms with Crippen LogP contribution in [0.15, 0.2) is 0 Å². The second-order valence-corrected chi connectivity index (χ2v) is 7.81. The van der Waals surface area contributed by atoms with E-state index in [1.54, 1.807) is 6.92 Å². The summed E-state index contributed by atoms with van der Waals surface area (Å²) in [5, 5.41) is 3.58. The first kappa shape index (κ1) is 15.9. The van der Waals surface area contributed by atoms with E-state index in [-0.39, 0.29) is 5.75 Å². The van der Waals surface area contributed by atoms with E-state index in [0.29, 0.717) is 24.3 Å². The van der Waals surface area contributed by atoms with Crippen LogP contribution in [-0.4, -0.2) is 57.0 Å². The maximum atomic E-state index is 11.6. The van der Waals surface area contributed by atoms with Crippen LogP contribution in [0.5, 0.6) is 0 Å². The zero-order chi connectivity index (χ0) is 13.6. The van der Waals surface area contributed by atoms with E-state index >= 15 is 0 Å². The molecule has 0 radical (unpaired) electrons. The van der Waals surface area contributed by atoms with Crippen LogP contribution >= 0.6 is 0 Å². The van der Waals surface area contributed by atoms with Crippen molar-refractivity contribution in [3.8, 4) is 0 Å². The fourth-order valence-corrected chi connectivity index (χ4v) is 3.13. The normalized spacial score (nSPS) is 24.7. The summed E-state index contributed by atoms with van der Waals surface area (Å²) in [7, 11) is -2.84. The van der Waals surface area contributed by atoms with Gasteiger partial charge >= 0.3 is 0 Å². The Bertz CT molecular complexity index is 330. The first-order valence-electron chi connectivity index (χ1n) is 7.14. The van der Waals surface area contributed by atoms with E-state index < -0.39 is 9.84 Å². The first-order chi connectivity index (χ1) is 8.48. The highest BCUT2D eigenvalue weighted by atomic mass is 32.2. The van der Waals surface area contributed by atoms with Crippen molar-refractivity contribution in [2.24, 2.45) is 5.92 Å². The van der Waals surface area contributed by atoms with E-state index in [0.717, 1.165) is 26.1 Å². The summed E-state index contributed by atoms with van der Waals surface area (Å²) in [6.45, 7) is 9.93. The second kappa shape index (κ2) is 7.46. The summed E-state index contributed by atoms with van der Waals surface area (Å²) in [4.78, 5) is 2.31. The minimum atomic E-state index is -2.84. The van der Waals surface area contributed by atoms with Crippen molar-refractivity contribution in [1.29, 1.82) is 0 Å². The average Bonchev–Trinajstić information content (AvgIpc) is 2.61. The SMILES string of the molecule is CCC(C)C1CN(CCS(=O)(=O)CC)CCCN1. The number of hydrogen-bond donors (Lipinski definition) is 1. The predicted molar refractivity (Wildman–Crippen MR) is 76.6 cm³/mol. The molecule has 0 aromatic carbocycles. The van der Waals surface area contributed by atoms with Gasteiger partial charge in [0.25, 0.3) is 0 Å². The van der Waals surface area contributed by atoms with Gasteiger partial charge in [-0.25, -0.2) is 8.42 Å². The third-order valence-corrected chi connectivity index (χ3v) is 5.69. The first-order valence-corrected chi connectivity index (χ1v) is 8.96. The largest absolute Gasteiger partial charge is 0.312 e. The molecule has 0 saturated carbocycles. The standard InChI is InChI=1S/C13H28N2O2S/c1-4-12(3)13-11-15(8-6-7-14-13)9-10-18(16,17)5-2/h12-14H,4-11H2,1-3H3. The molecule has 0 aromatic heterocycles. The van der Waals surface area contributed by atoms with Gasteiger partial charge in [0.05, 0.1) is 5.75 Å². The van der Waals surface area contributed by atoms with E-state index in [4.69, 9.17) is 0 Å². The lowest BCUT2D eigenvalue weighted by molar-refractivity contribution is 0.249. The Morgan fingerprint density at radius 1 is 1.39 bits per heavy atom. The van der Waals surface area contributed by atoms with E-state index in [9.17, 15) is 8.42 Å². The van der Waals surface area contributed by atoms with Gasteiger partial charge in [-0.1, -0.05) is 27.2 Å². The zero-order valence-corrected chi connectivity index (χ0v) is 12.8. The monoisotopic (exact) mass is 276 g/mol. The minimum absolute atomic E-state index is 0.258. The van der Waals surface area contributed by atoms with Gasteiger partial charge in [-0.05, 0) is 25.4 Å². The van der Waals surface area contributed by atoms with Crippen LogP contribution in [0.4, 0.5) is 0 Å². The topological polar surface area (TPSA) is 49.4 Å². The molecule has 108 valence electrons. The van der Waals surface area contributed by atoms with Gasteiger partial charge in [-0.15, -0.1) is 0 Å². The fraction of sp³-hybridized carbons (Fsp3) is 1.00. The molecule has 0 spiro atoms. The predicted octanol–water partition coefficient (Wildman–Crippen LogP) is 1.13. The van der Waals surface area contributed by atoms with Crippen molar-refractivity contribution in [2.45, 2.75) is 39.7 Å². The molecule has 4 nitrogen and oxygen atoms in total. The third-order valence-electron chi connectivity index (χ3n) is 4.00. The summed E-state index contributed by atoms with van der Waals surface area (Å²) in [6, 6.07) is 0.502. The van der Waals surface area contributed by atoms with Gasteiger partial charge in [-0.2, -0.15) is 0 Å². The molecular formula is C13H28N2O2S. The summed E-state index contributed by atoms with van der Waals surface area (Å²) in [6.07, 6.45) is 2.28. The van der Waals surface area contributed by atoms with Crippen molar-refractivity contribution < 1.29 is 8.42 Å². The number of nitrogens with zero attached hydrogens (tertiary/aromatic N) is 1. The van der Waals surface area contributed by atoms with Crippen LogP contribution in [0.25, 0.3) is 0 Å². The molecule has 1 aliphatic heterocycles. The van der Waals surface area contributed by atoms with Gasteiger partial charge in [0, 0.05) is 24.9 Å². The molecule has 1 N–H and O–H groups in total. The highest BCUT2D eigenvalue weighted by molar-refractivity contribution is 7.91. The van der Waals surface area contributed by atoms with Crippen LogP contribution < -0.4 is 5.32 Å². The Morgan fingerprint density at radius 2 is 2.11 bits per heavy atom. The Morgan fingerprint density at radius 3 is 2.72 bits per heavy atom. The van der Waals surface area contributed by atoms with Gasteiger partial charge in [0.1, 0.15) is 0 Å². The van der Waals surface area contributed by atoms with E-state index in [1.165, 1.54) is 6.42 Å². The van der Waals surface area contributed by atoms with Gasteiger partial charge in [0.2, 0.25) is 0 Å². The van der Waals surface area contributed by atoms with Crippen LogP contribution in [-0.2, 0) is 9.84 Å². The molecule has 1 aliphatic rings. The summed E-state index contributed by atoms with van der Waals surface area (Å²) in [5.41, 5.74) is 0. The smallest absolute Gasteiger partial charge is 0.151 e. The summed E-state index contributed by atoms with van der Waals surface area (Å²) >= 11 is 0.